The number of piperazine rings is 1. The van der Waals surface area contributed by atoms with Crippen molar-refractivity contribution in [3.05, 3.63) is 100.0 Å². The van der Waals surface area contributed by atoms with Gasteiger partial charge in [0.05, 0.1) is 12.1 Å². The first-order valence-electron chi connectivity index (χ1n) is 11.4. The molecule has 176 valence electrons. The predicted molar refractivity (Wildman–Crippen MR) is 134 cm³/mol. The van der Waals surface area contributed by atoms with E-state index >= 15 is 0 Å². The SMILES string of the molecule is O=C(c1ccc(Cn2c(=O)c3cccn3c3cccnc32)o1)N1CCN(c2ccc(Cl)cc2)CC1. The molecule has 5 heterocycles. The average molecular weight is 488 g/mol. The minimum atomic E-state index is -0.163. The lowest BCUT2D eigenvalue weighted by Gasteiger charge is -2.35. The van der Waals surface area contributed by atoms with E-state index in [-0.39, 0.29) is 23.8 Å². The maximum Gasteiger partial charge on any atom is 0.289 e. The van der Waals surface area contributed by atoms with Crippen LogP contribution in [0.3, 0.4) is 0 Å². The Labute approximate surface area is 205 Å². The molecule has 4 aromatic heterocycles. The summed E-state index contributed by atoms with van der Waals surface area (Å²) in [5.41, 5.74) is 2.88. The highest BCUT2D eigenvalue weighted by molar-refractivity contribution is 6.30. The van der Waals surface area contributed by atoms with Crippen molar-refractivity contribution >= 4 is 39.9 Å². The van der Waals surface area contributed by atoms with Crippen LogP contribution in [0, 0.1) is 0 Å². The van der Waals surface area contributed by atoms with E-state index < -0.39 is 0 Å². The zero-order valence-electron chi connectivity index (χ0n) is 18.8. The van der Waals surface area contributed by atoms with Crippen LogP contribution in [-0.4, -0.2) is 50.9 Å². The van der Waals surface area contributed by atoms with Gasteiger partial charge in [-0.3, -0.25) is 14.2 Å². The number of halogens is 1. The molecule has 0 spiro atoms. The Morgan fingerprint density at radius 1 is 0.943 bits per heavy atom. The number of carbonyl (C=O) groups is 1. The summed E-state index contributed by atoms with van der Waals surface area (Å²) in [6, 6.07) is 18.5. The molecule has 0 aliphatic carbocycles. The van der Waals surface area contributed by atoms with Gasteiger partial charge in [-0.05, 0) is 60.7 Å². The number of anilines is 1. The largest absolute Gasteiger partial charge is 0.454 e. The van der Waals surface area contributed by atoms with Gasteiger partial charge in [0.15, 0.2) is 11.4 Å². The maximum absolute atomic E-state index is 13.1. The van der Waals surface area contributed by atoms with Crippen LogP contribution in [0.1, 0.15) is 16.3 Å². The Kier molecular flexibility index (Phi) is 5.30. The van der Waals surface area contributed by atoms with Crippen LogP contribution in [0.2, 0.25) is 5.02 Å². The number of carbonyl (C=O) groups excluding carboxylic acids is 1. The van der Waals surface area contributed by atoms with Gasteiger partial charge < -0.3 is 18.6 Å². The first-order chi connectivity index (χ1) is 17.1. The molecule has 1 aliphatic rings. The molecule has 9 heteroatoms. The second-order valence-electron chi connectivity index (χ2n) is 8.52. The molecule has 0 atom stereocenters. The van der Waals surface area contributed by atoms with E-state index in [2.05, 4.69) is 9.88 Å². The lowest BCUT2D eigenvalue weighted by atomic mass is 10.2. The van der Waals surface area contributed by atoms with Crippen molar-refractivity contribution in [3.63, 3.8) is 0 Å². The Morgan fingerprint density at radius 3 is 2.51 bits per heavy atom. The third-order valence-corrected chi connectivity index (χ3v) is 6.69. The number of benzene rings is 1. The van der Waals surface area contributed by atoms with Crippen molar-refractivity contribution in [2.24, 2.45) is 0 Å². The minimum Gasteiger partial charge on any atom is -0.454 e. The number of hydrogen-bond acceptors (Lipinski definition) is 5. The second-order valence-corrected chi connectivity index (χ2v) is 8.96. The zero-order chi connectivity index (χ0) is 23.9. The van der Waals surface area contributed by atoms with Crippen molar-refractivity contribution in [1.29, 1.82) is 0 Å². The summed E-state index contributed by atoms with van der Waals surface area (Å²) in [7, 11) is 0. The van der Waals surface area contributed by atoms with Crippen molar-refractivity contribution < 1.29 is 9.21 Å². The summed E-state index contributed by atoms with van der Waals surface area (Å²) in [5.74, 6) is 0.650. The van der Waals surface area contributed by atoms with Gasteiger partial charge in [0.2, 0.25) is 0 Å². The summed E-state index contributed by atoms with van der Waals surface area (Å²) in [5, 5.41) is 0.704. The van der Waals surface area contributed by atoms with Gasteiger partial charge in [-0.1, -0.05) is 11.6 Å². The van der Waals surface area contributed by atoms with Gasteiger partial charge in [0.1, 0.15) is 11.3 Å². The fourth-order valence-corrected chi connectivity index (χ4v) is 4.77. The monoisotopic (exact) mass is 487 g/mol. The molecule has 35 heavy (non-hydrogen) atoms. The van der Waals surface area contributed by atoms with Crippen LogP contribution in [0.5, 0.6) is 0 Å². The predicted octanol–water partition coefficient (Wildman–Crippen LogP) is 3.91. The molecule has 1 aromatic carbocycles. The normalized spacial score (nSPS) is 14.2. The summed E-state index contributed by atoms with van der Waals surface area (Å²) in [6.45, 7) is 2.83. The van der Waals surface area contributed by atoms with Crippen molar-refractivity contribution in [2.75, 3.05) is 31.1 Å². The van der Waals surface area contributed by atoms with E-state index in [1.807, 2.05) is 53.1 Å². The van der Waals surface area contributed by atoms with E-state index in [1.54, 1.807) is 33.9 Å². The molecule has 8 nitrogen and oxygen atoms in total. The number of aromatic nitrogens is 3. The van der Waals surface area contributed by atoms with E-state index in [0.717, 1.165) is 24.3 Å². The molecule has 6 rings (SSSR count). The Bertz CT molecular complexity index is 1590. The fraction of sp³-hybridized carbons (Fsp3) is 0.192. The molecule has 1 aliphatic heterocycles. The van der Waals surface area contributed by atoms with E-state index in [4.69, 9.17) is 16.0 Å². The molecule has 0 radical (unpaired) electrons. The fourth-order valence-electron chi connectivity index (χ4n) is 4.64. The standard InChI is InChI=1S/C26H22ClN5O3/c27-18-5-7-19(8-6-18)29-13-15-30(16-14-29)26(34)23-10-9-20(35-23)17-32-24-21(3-1-11-28-24)31-12-2-4-22(31)25(32)33/h1-12H,13-17H2. The molecule has 1 saturated heterocycles. The topological polar surface area (TPSA) is 76.0 Å². The molecule has 0 bridgehead atoms. The Hall–Kier alpha value is -4.04. The number of pyridine rings is 1. The number of hydrogen-bond donors (Lipinski definition) is 0. The highest BCUT2D eigenvalue weighted by atomic mass is 35.5. The first kappa shape index (κ1) is 21.5. The van der Waals surface area contributed by atoms with E-state index in [9.17, 15) is 9.59 Å². The molecular formula is C26H22ClN5O3. The van der Waals surface area contributed by atoms with Crippen LogP contribution in [0.4, 0.5) is 5.69 Å². The second kappa shape index (κ2) is 8.63. The number of nitrogens with zero attached hydrogens (tertiary/aromatic N) is 5. The van der Waals surface area contributed by atoms with E-state index in [1.165, 1.54) is 0 Å². The molecule has 1 amide bonds. The number of furan rings is 1. The molecule has 0 saturated carbocycles. The van der Waals surface area contributed by atoms with Crippen LogP contribution in [-0.2, 0) is 6.54 Å². The molecule has 0 N–H and O–H groups in total. The highest BCUT2D eigenvalue weighted by Crippen LogP contribution is 2.21. The Balaban J connectivity index is 1.20. The van der Waals surface area contributed by atoms with Gasteiger partial charge in [-0.25, -0.2) is 4.98 Å². The Morgan fingerprint density at radius 2 is 1.71 bits per heavy atom. The maximum atomic E-state index is 13.1. The van der Waals surface area contributed by atoms with Crippen LogP contribution < -0.4 is 10.5 Å². The third-order valence-electron chi connectivity index (χ3n) is 6.44. The minimum absolute atomic E-state index is 0.149. The summed E-state index contributed by atoms with van der Waals surface area (Å²) in [4.78, 5) is 34.7. The van der Waals surface area contributed by atoms with Crippen LogP contribution >= 0.6 is 11.6 Å². The lowest BCUT2D eigenvalue weighted by Crippen LogP contribution is -2.48. The zero-order valence-corrected chi connectivity index (χ0v) is 19.6. The van der Waals surface area contributed by atoms with Gasteiger partial charge in [-0.15, -0.1) is 0 Å². The number of fused-ring (bicyclic) bond motifs is 3. The quantitative estimate of drug-likeness (QED) is 0.384. The molecule has 1 fully saturated rings. The molecular weight excluding hydrogens is 466 g/mol. The molecule has 0 unspecified atom stereocenters. The summed E-state index contributed by atoms with van der Waals surface area (Å²) >= 11 is 5.99. The van der Waals surface area contributed by atoms with Crippen molar-refractivity contribution in [1.82, 2.24) is 18.9 Å². The van der Waals surface area contributed by atoms with Gasteiger partial charge >= 0.3 is 0 Å². The molecule has 5 aromatic rings. The van der Waals surface area contributed by atoms with Crippen molar-refractivity contribution in [3.8, 4) is 0 Å². The van der Waals surface area contributed by atoms with Gasteiger partial charge in [0, 0.05) is 49.3 Å². The summed E-state index contributed by atoms with van der Waals surface area (Å²) in [6.07, 6.45) is 3.51. The van der Waals surface area contributed by atoms with Gasteiger partial charge in [0.25, 0.3) is 11.5 Å². The lowest BCUT2D eigenvalue weighted by molar-refractivity contribution is 0.0712. The van der Waals surface area contributed by atoms with Crippen LogP contribution in [0.15, 0.2) is 82.3 Å². The van der Waals surface area contributed by atoms with E-state index in [0.29, 0.717) is 35.0 Å². The van der Waals surface area contributed by atoms with Crippen molar-refractivity contribution in [2.45, 2.75) is 6.54 Å². The number of amides is 1. The highest BCUT2D eigenvalue weighted by Gasteiger charge is 2.25. The first-order valence-corrected chi connectivity index (χ1v) is 11.8. The smallest absolute Gasteiger partial charge is 0.289 e. The average Bonchev–Trinajstić information content (AvgIpc) is 3.57. The number of rotatable bonds is 4. The summed E-state index contributed by atoms with van der Waals surface area (Å²) < 4.78 is 9.33. The van der Waals surface area contributed by atoms with Crippen LogP contribution in [0.25, 0.3) is 16.7 Å². The van der Waals surface area contributed by atoms with Gasteiger partial charge in [-0.2, -0.15) is 0 Å². The third kappa shape index (κ3) is 3.85.